The van der Waals surface area contributed by atoms with E-state index in [1.165, 1.54) is 0 Å². The topological polar surface area (TPSA) is 87.5 Å². The quantitative estimate of drug-likeness (QED) is 0.120. The van der Waals surface area contributed by atoms with Crippen molar-refractivity contribution in [3.63, 3.8) is 0 Å². The zero-order chi connectivity index (χ0) is 28.5. The number of halogens is 3. The minimum Gasteiger partial charge on any atom is -0.478 e. The van der Waals surface area contributed by atoms with Crippen molar-refractivity contribution in [1.82, 2.24) is 15.3 Å². The summed E-state index contributed by atoms with van der Waals surface area (Å²) in [7, 11) is 0. The van der Waals surface area contributed by atoms with Gasteiger partial charge in [0.25, 0.3) is 0 Å². The molecule has 40 heavy (non-hydrogen) atoms. The molecular formula is C31H32Cl2FN3O3. The Hall–Kier alpha value is -3.07. The number of nitrogens with zero attached hydrogens (tertiary/aromatic N) is 2. The molecule has 0 atom stereocenters. The van der Waals surface area contributed by atoms with Crippen LogP contribution in [0.4, 0.5) is 4.39 Å². The number of pyridine rings is 2. The highest BCUT2D eigenvalue weighted by Crippen LogP contribution is 2.42. The molecule has 0 saturated heterocycles. The van der Waals surface area contributed by atoms with Crippen LogP contribution in [-0.4, -0.2) is 46.5 Å². The van der Waals surface area contributed by atoms with E-state index in [0.717, 1.165) is 30.4 Å². The van der Waals surface area contributed by atoms with Crippen molar-refractivity contribution in [2.24, 2.45) is 0 Å². The smallest absolute Gasteiger partial charge is 0.217 e. The Balaban J connectivity index is 1.68. The van der Waals surface area contributed by atoms with Gasteiger partial charge < -0.3 is 20.3 Å². The van der Waals surface area contributed by atoms with E-state index in [1.807, 2.05) is 49.4 Å². The number of hydrogen-bond acceptors (Lipinski definition) is 6. The van der Waals surface area contributed by atoms with Crippen molar-refractivity contribution in [3.8, 4) is 39.5 Å². The highest BCUT2D eigenvalue weighted by molar-refractivity contribution is 6.39. The molecule has 0 spiro atoms. The lowest BCUT2D eigenvalue weighted by Gasteiger charge is -2.15. The third-order valence-corrected chi connectivity index (χ3v) is 7.26. The molecule has 0 aliphatic rings. The monoisotopic (exact) mass is 583 g/mol. The molecule has 2 aromatic heterocycles. The van der Waals surface area contributed by atoms with Crippen molar-refractivity contribution in [2.75, 3.05) is 26.4 Å². The van der Waals surface area contributed by atoms with Gasteiger partial charge in [-0.1, -0.05) is 71.7 Å². The first kappa shape index (κ1) is 29.9. The molecular weight excluding hydrogens is 552 g/mol. The third kappa shape index (κ3) is 6.97. The molecule has 6 nitrogen and oxygen atoms in total. The van der Waals surface area contributed by atoms with Crippen LogP contribution in [0, 0.1) is 5.95 Å². The van der Waals surface area contributed by atoms with Crippen molar-refractivity contribution in [1.29, 1.82) is 0 Å². The first-order chi connectivity index (χ1) is 19.5. The van der Waals surface area contributed by atoms with Gasteiger partial charge in [-0.25, -0.2) is 9.97 Å². The van der Waals surface area contributed by atoms with Crippen LogP contribution < -0.4 is 10.1 Å². The van der Waals surface area contributed by atoms with E-state index in [-0.39, 0.29) is 19.8 Å². The molecule has 0 unspecified atom stereocenters. The Bertz CT molecular complexity index is 1450. The van der Waals surface area contributed by atoms with Crippen LogP contribution >= 0.6 is 23.2 Å². The first-order valence-corrected chi connectivity index (χ1v) is 14.0. The number of benzene rings is 2. The summed E-state index contributed by atoms with van der Waals surface area (Å²) < 4.78 is 20.5. The van der Waals surface area contributed by atoms with Crippen molar-refractivity contribution in [2.45, 2.75) is 32.7 Å². The number of hydrogen-bond donors (Lipinski definition) is 3. The molecule has 0 fully saturated rings. The molecule has 3 N–H and O–H groups in total. The average Bonchev–Trinajstić information content (AvgIpc) is 2.95. The van der Waals surface area contributed by atoms with Crippen LogP contribution in [0.5, 0.6) is 5.88 Å². The van der Waals surface area contributed by atoms with E-state index in [2.05, 4.69) is 10.3 Å². The second-order valence-electron chi connectivity index (χ2n) is 9.16. The van der Waals surface area contributed by atoms with Gasteiger partial charge in [0.15, 0.2) is 0 Å². The predicted octanol–water partition coefficient (Wildman–Crippen LogP) is 6.72. The molecule has 2 heterocycles. The summed E-state index contributed by atoms with van der Waals surface area (Å²) in [6.45, 7) is 3.15. The van der Waals surface area contributed by atoms with Gasteiger partial charge >= 0.3 is 0 Å². The summed E-state index contributed by atoms with van der Waals surface area (Å²) in [4.78, 5) is 8.91. The molecule has 4 aromatic rings. The zero-order valence-electron chi connectivity index (χ0n) is 22.3. The van der Waals surface area contributed by atoms with Gasteiger partial charge in [0.1, 0.15) is 0 Å². The fraction of sp³-hybridized carbons (Fsp3) is 0.290. The lowest BCUT2D eigenvalue weighted by molar-refractivity contribution is 0.283. The van der Waals surface area contributed by atoms with Crippen LogP contribution in [0.3, 0.4) is 0 Å². The zero-order valence-corrected chi connectivity index (χ0v) is 23.8. The van der Waals surface area contributed by atoms with Crippen molar-refractivity contribution >= 4 is 23.2 Å². The lowest BCUT2D eigenvalue weighted by Crippen LogP contribution is -2.18. The molecule has 0 amide bonds. The first-order valence-electron chi connectivity index (χ1n) is 13.3. The Morgan fingerprint density at radius 3 is 1.95 bits per heavy atom. The number of aliphatic hydroxyl groups excluding tert-OH is 2. The predicted molar refractivity (Wildman–Crippen MR) is 158 cm³/mol. The molecule has 0 aliphatic carbocycles. The van der Waals surface area contributed by atoms with Crippen LogP contribution in [0.2, 0.25) is 10.0 Å². The number of nitrogens with one attached hydrogen (secondary N) is 1. The number of aromatic nitrogens is 2. The van der Waals surface area contributed by atoms with Gasteiger partial charge in [-0.15, -0.1) is 0 Å². The number of aryl methyl sites for hydroxylation is 1. The van der Waals surface area contributed by atoms with Gasteiger partial charge in [0, 0.05) is 53.1 Å². The second kappa shape index (κ2) is 14.5. The van der Waals surface area contributed by atoms with Crippen LogP contribution in [-0.2, 0) is 13.0 Å². The maximum Gasteiger partial charge on any atom is 0.217 e. The Morgan fingerprint density at radius 2 is 1.38 bits per heavy atom. The van der Waals surface area contributed by atoms with Crippen molar-refractivity contribution < 1.29 is 19.3 Å². The summed E-state index contributed by atoms with van der Waals surface area (Å²) in [5, 5.41) is 21.9. The maximum absolute atomic E-state index is 14.7. The number of rotatable bonds is 13. The second-order valence-corrected chi connectivity index (χ2v) is 9.91. The van der Waals surface area contributed by atoms with E-state index < -0.39 is 5.95 Å². The van der Waals surface area contributed by atoms with Crippen LogP contribution in [0.1, 0.15) is 30.9 Å². The molecule has 9 heteroatoms. The Morgan fingerprint density at radius 1 is 0.775 bits per heavy atom. The molecule has 0 bridgehead atoms. The van der Waals surface area contributed by atoms with E-state index in [9.17, 15) is 4.39 Å². The molecule has 4 rings (SSSR count). The number of aliphatic hydroxyl groups is 2. The van der Waals surface area contributed by atoms with Crippen molar-refractivity contribution in [3.05, 3.63) is 87.8 Å². The van der Waals surface area contributed by atoms with Gasteiger partial charge in [-0.3, -0.25) is 0 Å². The maximum atomic E-state index is 14.7. The molecule has 0 saturated carbocycles. The minimum atomic E-state index is -0.597. The standard InChI is InChI=1S/C31H32Cl2FN3O3/c1-2-40-31-20(7-3-4-17-38)12-14-27(37-31)25-11-6-9-23(29(25)33)22-8-5-10-24(28(22)32)26-15-13-21(30(34)36-26)19-35-16-18-39/h5-6,8-15,35,38-39H,2-4,7,16-19H2,1H3. The summed E-state index contributed by atoms with van der Waals surface area (Å²) in [5.41, 5.74) is 5.17. The summed E-state index contributed by atoms with van der Waals surface area (Å²) >= 11 is 13.8. The molecule has 0 radical (unpaired) electrons. The van der Waals surface area contributed by atoms with Gasteiger partial charge in [0.05, 0.1) is 34.6 Å². The Kier molecular flexibility index (Phi) is 10.9. The van der Waals surface area contributed by atoms with Gasteiger partial charge in [-0.2, -0.15) is 4.39 Å². The normalized spacial score (nSPS) is 11.2. The lowest BCUT2D eigenvalue weighted by atomic mass is 9.98. The van der Waals surface area contributed by atoms with Gasteiger partial charge in [0.2, 0.25) is 11.8 Å². The fourth-order valence-electron chi connectivity index (χ4n) is 4.42. The van der Waals surface area contributed by atoms with E-state index >= 15 is 0 Å². The van der Waals surface area contributed by atoms with E-state index in [4.69, 9.17) is 43.1 Å². The van der Waals surface area contributed by atoms with E-state index in [0.29, 0.717) is 62.7 Å². The summed E-state index contributed by atoms with van der Waals surface area (Å²) in [6.07, 6.45) is 2.31. The molecule has 2 aromatic carbocycles. The van der Waals surface area contributed by atoms with Crippen LogP contribution in [0.15, 0.2) is 60.7 Å². The Labute approximate surface area is 243 Å². The molecule has 210 valence electrons. The van der Waals surface area contributed by atoms with Crippen LogP contribution in [0.25, 0.3) is 33.6 Å². The SMILES string of the molecule is CCOc1nc(-c2cccc(-c3cccc(-c4ccc(CNCCO)c(F)n4)c3Cl)c2Cl)ccc1CCCCO. The third-order valence-electron chi connectivity index (χ3n) is 6.44. The number of ether oxygens (including phenoxy) is 1. The average molecular weight is 585 g/mol. The highest BCUT2D eigenvalue weighted by atomic mass is 35.5. The minimum absolute atomic E-state index is 0.0280. The van der Waals surface area contributed by atoms with E-state index in [1.54, 1.807) is 18.2 Å². The summed E-state index contributed by atoms with van der Waals surface area (Å²) in [5.74, 6) is -0.0389. The highest BCUT2D eigenvalue weighted by Gasteiger charge is 2.18. The fourth-order valence-corrected chi connectivity index (χ4v) is 5.07. The number of unbranched alkanes of at least 4 members (excludes halogenated alkanes) is 1. The summed E-state index contributed by atoms with van der Waals surface area (Å²) in [6, 6.07) is 18.5. The molecule has 0 aliphatic heterocycles. The largest absolute Gasteiger partial charge is 0.478 e. The van der Waals surface area contributed by atoms with Gasteiger partial charge in [-0.05, 0) is 38.3 Å².